The number of aliphatic hydroxyl groups is 4. The molecule has 0 spiro atoms. The Morgan fingerprint density at radius 3 is 1.14 bits per heavy atom. The van der Waals surface area contributed by atoms with Crippen molar-refractivity contribution in [2.24, 2.45) is 11.5 Å². The van der Waals surface area contributed by atoms with Gasteiger partial charge < -0.3 is 11.5 Å². The summed E-state index contributed by atoms with van der Waals surface area (Å²) in [7, 11) is 0. The zero-order valence-electron chi connectivity index (χ0n) is 7.51. The topological polar surface area (TPSA) is 150 Å². The van der Waals surface area contributed by atoms with Gasteiger partial charge in [-0.15, -0.1) is 0 Å². The average molecular weight is 251 g/mol. The Balaban J connectivity index is 0. The van der Waals surface area contributed by atoms with E-state index in [1.54, 1.807) is 0 Å². The number of urea groups is 1. The van der Waals surface area contributed by atoms with E-state index in [9.17, 15) is 0 Å². The number of carbonyl (C=O) groups excluding carboxylic acids is 1. The van der Waals surface area contributed by atoms with Crippen LogP contribution in [0.3, 0.4) is 0 Å². The standard InChI is InChI=1S/C4H12ClO4P.CH4N2O/c5-10(1-6,2-7,3-8)4-9;2-1(3)4/h6-9H,1-4H2;(H4,2,3,4). The van der Waals surface area contributed by atoms with Crippen LogP contribution < -0.4 is 11.5 Å². The number of primary amides is 2. The van der Waals surface area contributed by atoms with Gasteiger partial charge in [0.1, 0.15) is 0 Å². The van der Waals surface area contributed by atoms with E-state index in [1.807, 2.05) is 0 Å². The molecular weight excluding hydrogens is 234 g/mol. The first kappa shape index (κ1) is 16.3. The first-order valence-corrected chi connectivity index (χ1v) is 7.36. The third-order valence-corrected chi connectivity index (χ3v) is 5.52. The molecule has 9 heteroatoms. The molecule has 7 nitrogen and oxygen atoms in total. The van der Waals surface area contributed by atoms with Crippen LogP contribution in [0.1, 0.15) is 0 Å². The summed E-state index contributed by atoms with van der Waals surface area (Å²) >= 11 is 5.67. The number of amides is 2. The maximum absolute atomic E-state index is 9.00. The van der Waals surface area contributed by atoms with Gasteiger partial charge >= 0.3 is 69.0 Å². The van der Waals surface area contributed by atoms with Crippen molar-refractivity contribution in [2.45, 2.75) is 0 Å². The Hall–Kier alpha value is -0.170. The van der Waals surface area contributed by atoms with Crippen molar-refractivity contribution < 1.29 is 25.2 Å². The van der Waals surface area contributed by atoms with E-state index in [4.69, 9.17) is 36.5 Å². The molecule has 2 amide bonds. The molecular formula is C5H16ClN2O5P. The van der Waals surface area contributed by atoms with Gasteiger partial charge in [0.15, 0.2) is 0 Å². The number of hydrogen-bond acceptors (Lipinski definition) is 5. The molecule has 0 heterocycles. The predicted molar refractivity (Wildman–Crippen MR) is 54.9 cm³/mol. The summed E-state index contributed by atoms with van der Waals surface area (Å²) in [5.74, 6) is -3.46. The zero-order valence-corrected chi connectivity index (χ0v) is 9.16. The minimum absolute atomic E-state index is 0.545. The van der Waals surface area contributed by atoms with Crippen molar-refractivity contribution in [1.29, 1.82) is 0 Å². The Morgan fingerprint density at radius 2 is 1.14 bits per heavy atom. The SMILES string of the molecule is NC(N)=O.OCP(Cl)(CO)(CO)CO. The molecule has 0 saturated heterocycles. The van der Waals surface area contributed by atoms with Crippen molar-refractivity contribution in [2.75, 3.05) is 25.4 Å². The van der Waals surface area contributed by atoms with Gasteiger partial charge in [-0.25, -0.2) is 4.79 Å². The molecule has 0 aliphatic carbocycles. The molecule has 0 aromatic heterocycles. The molecule has 88 valence electrons. The third-order valence-electron chi connectivity index (χ3n) is 1.41. The number of hydrogen-bond donors (Lipinski definition) is 6. The minimum atomic E-state index is -3.46. The second kappa shape index (κ2) is 6.34. The van der Waals surface area contributed by atoms with Gasteiger partial charge in [0.2, 0.25) is 0 Å². The molecule has 0 atom stereocenters. The summed E-state index contributed by atoms with van der Waals surface area (Å²) in [6.07, 6.45) is -2.18. The molecule has 0 bridgehead atoms. The summed E-state index contributed by atoms with van der Waals surface area (Å²) in [5.41, 5.74) is 8.50. The van der Waals surface area contributed by atoms with Crippen LogP contribution in [0.5, 0.6) is 0 Å². The monoisotopic (exact) mass is 250 g/mol. The molecule has 14 heavy (non-hydrogen) atoms. The van der Waals surface area contributed by atoms with E-state index in [-0.39, 0.29) is 0 Å². The van der Waals surface area contributed by atoms with Crippen LogP contribution in [0, 0.1) is 0 Å². The van der Waals surface area contributed by atoms with E-state index in [2.05, 4.69) is 11.5 Å². The first-order chi connectivity index (χ1) is 6.27. The van der Waals surface area contributed by atoms with E-state index in [0.717, 1.165) is 0 Å². The molecule has 0 aromatic rings. The quantitative estimate of drug-likeness (QED) is 0.336. The molecule has 0 unspecified atom stereocenters. The van der Waals surface area contributed by atoms with Crippen molar-refractivity contribution >= 4 is 23.2 Å². The zero-order chi connectivity index (χ0) is 11.9. The fourth-order valence-corrected chi connectivity index (χ4v) is 0.805. The average Bonchev–Trinajstić information content (AvgIpc) is 2.17. The van der Waals surface area contributed by atoms with Gasteiger partial charge in [-0.1, -0.05) is 0 Å². The van der Waals surface area contributed by atoms with Crippen molar-refractivity contribution in [3.63, 3.8) is 0 Å². The predicted octanol–water partition coefficient (Wildman–Crippen LogP) is -1.48. The molecule has 0 radical (unpaired) electrons. The van der Waals surface area contributed by atoms with Crippen LogP contribution in [0.25, 0.3) is 0 Å². The van der Waals surface area contributed by atoms with Crippen LogP contribution in [0.4, 0.5) is 4.79 Å². The molecule has 0 rings (SSSR count). The summed E-state index contributed by atoms with van der Waals surface area (Å²) < 4.78 is 0. The van der Waals surface area contributed by atoms with Crippen LogP contribution in [-0.2, 0) is 0 Å². The summed E-state index contributed by atoms with van der Waals surface area (Å²) in [6.45, 7) is 0. The van der Waals surface area contributed by atoms with E-state index in [1.165, 1.54) is 0 Å². The first-order valence-electron chi connectivity index (χ1n) is 3.48. The fraction of sp³-hybridized carbons (Fsp3) is 0.800. The number of carbonyl (C=O) groups is 1. The number of nitrogens with two attached hydrogens (primary N) is 2. The number of rotatable bonds is 4. The van der Waals surface area contributed by atoms with Crippen molar-refractivity contribution in [3.05, 3.63) is 0 Å². The summed E-state index contributed by atoms with van der Waals surface area (Å²) in [6, 6.07) is -0.833. The van der Waals surface area contributed by atoms with Crippen LogP contribution in [0.2, 0.25) is 0 Å². The number of aliphatic hydroxyl groups excluding tert-OH is 4. The van der Waals surface area contributed by atoms with Crippen molar-refractivity contribution in [3.8, 4) is 0 Å². The van der Waals surface area contributed by atoms with Crippen LogP contribution in [-0.4, -0.2) is 51.8 Å². The Labute approximate surface area is 86.0 Å². The molecule has 0 aliphatic heterocycles. The summed E-state index contributed by atoms with van der Waals surface area (Å²) in [4.78, 5) is 9.00. The molecule has 0 aliphatic rings. The fourth-order valence-electron chi connectivity index (χ4n) is 0.268. The molecule has 0 fully saturated rings. The van der Waals surface area contributed by atoms with Gasteiger partial charge in [0, 0.05) is 0 Å². The van der Waals surface area contributed by atoms with Gasteiger partial charge in [-0.05, 0) is 0 Å². The van der Waals surface area contributed by atoms with E-state index in [0.29, 0.717) is 0 Å². The maximum atomic E-state index is 9.00. The van der Waals surface area contributed by atoms with Gasteiger partial charge in [-0.2, -0.15) is 0 Å². The normalized spacial score (nSPS) is 13.4. The second-order valence-electron chi connectivity index (χ2n) is 2.79. The summed E-state index contributed by atoms with van der Waals surface area (Å²) in [5, 5.41) is 34.7. The second-order valence-corrected chi connectivity index (χ2v) is 10.4. The Morgan fingerprint density at radius 1 is 1.00 bits per heavy atom. The van der Waals surface area contributed by atoms with Gasteiger partial charge in [0.05, 0.1) is 0 Å². The Kier molecular flexibility index (Phi) is 7.37. The van der Waals surface area contributed by atoms with Gasteiger partial charge in [-0.3, -0.25) is 0 Å². The molecule has 0 aromatic carbocycles. The molecule has 0 saturated carbocycles. The number of halogens is 1. The third kappa shape index (κ3) is 5.54. The van der Waals surface area contributed by atoms with E-state index < -0.39 is 37.4 Å². The molecule has 8 N–H and O–H groups in total. The van der Waals surface area contributed by atoms with Crippen molar-refractivity contribution in [1.82, 2.24) is 0 Å². The van der Waals surface area contributed by atoms with Gasteiger partial charge in [0.25, 0.3) is 0 Å². The van der Waals surface area contributed by atoms with Crippen LogP contribution >= 0.6 is 17.2 Å². The Bertz CT molecular complexity index is 161. The van der Waals surface area contributed by atoms with E-state index >= 15 is 0 Å². The van der Waals surface area contributed by atoms with Crippen LogP contribution in [0.15, 0.2) is 0 Å².